The van der Waals surface area contributed by atoms with Crippen molar-refractivity contribution in [2.45, 2.75) is 38.3 Å². The summed E-state index contributed by atoms with van der Waals surface area (Å²) in [4.78, 5) is 2.61. The van der Waals surface area contributed by atoms with E-state index < -0.39 is 0 Å². The van der Waals surface area contributed by atoms with Crippen molar-refractivity contribution in [3.05, 3.63) is 34.9 Å². The highest BCUT2D eigenvalue weighted by Crippen LogP contribution is 2.28. The largest absolute Gasteiger partial charge is 0.316 e. The first-order valence-electron chi connectivity index (χ1n) is 6.91. The average molecular weight is 303 g/mol. The van der Waals surface area contributed by atoms with Gasteiger partial charge in [-0.25, -0.2) is 0 Å². The van der Waals surface area contributed by atoms with Crippen molar-refractivity contribution in [2.24, 2.45) is 0 Å². The molecule has 108 valence electrons. The molecule has 1 aromatic rings. The highest BCUT2D eigenvalue weighted by Gasteiger charge is 2.24. The molecule has 1 saturated heterocycles. The van der Waals surface area contributed by atoms with E-state index in [2.05, 4.69) is 36.3 Å². The highest BCUT2D eigenvalue weighted by molar-refractivity contribution is 6.30. The van der Waals surface area contributed by atoms with Gasteiger partial charge in [-0.05, 0) is 50.6 Å². The Kier molecular flexibility index (Phi) is 7.16. The van der Waals surface area contributed by atoms with Crippen LogP contribution in [0.2, 0.25) is 5.02 Å². The lowest BCUT2D eigenvalue weighted by Crippen LogP contribution is -2.45. The number of likely N-dealkylation sites (N-methyl/N-ethyl adjacent to an activating group) is 1. The van der Waals surface area contributed by atoms with Crippen LogP contribution in [-0.2, 0) is 0 Å². The fourth-order valence-corrected chi connectivity index (χ4v) is 3.04. The Morgan fingerprint density at radius 3 is 2.63 bits per heavy atom. The van der Waals surface area contributed by atoms with Gasteiger partial charge in [0.15, 0.2) is 0 Å². The molecule has 2 unspecified atom stereocenters. The van der Waals surface area contributed by atoms with E-state index in [1.165, 1.54) is 24.9 Å². The minimum Gasteiger partial charge on any atom is -0.316 e. The van der Waals surface area contributed by atoms with Gasteiger partial charge in [0.25, 0.3) is 0 Å². The quantitative estimate of drug-likeness (QED) is 0.907. The van der Waals surface area contributed by atoms with E-state index in [9.17, 15) is 0 Å². The second-order valence-corrected chi connectivity index (χ2v) is 5.53. The Morgan fingerprint density at radius 1 is 1.37 bits per heavy atom. The van der Waals surface area contributed by atoms with Crippen molar-refractivity contribution in [3.8, 4) is 0 Å². The maximum Gasteiger partial charge on any atom is 0.0406 e. The van der Waals surface area contributed by atoms with Crippen molar-refractivity contribution in [3.63, 3.8) is 0 Å². The molecule has 0 amide bonds. The van der Waals surface area contributed by atoms with Crippen LogP contribution < -0.4 is 5.32 Å². The molecule has 0 bridgehead atoms. The van der Waals surface area contributed by atoms with E-state index in [4.69, 9.17) is 11.6 Å². The van der Waals surface area contributed by atoms with Crippen LogP contribution in [0.1, 0.15) is 37.8 Å². The first kappa shape index (κ1) is 16.8. The number of hydrogen-bond acceptors (Lipinski definition) is 2. The summed E-state index contributed by atoms with van der Waals surface area (Å²) in [5, 5.41) is 4.23. The standard InChI is InChI=1S/C15H23ClN2.ClH/c1-3-15(12-6-8-13(16)9-7-12)18-10-4-5-14(11-18)17-2;/h6-9,14-15,17H,3-5,10-11H2,1-2H3;1H. The fraction of sp³-hybridized carbons (Fsp3) is 0.600. The Hall–Kier alpha value is -0.280. The third kappa shape index (κ3) is 4.35. The van der Waals surface area contributed by atoms with Gasteiger partial charge in [-0.15, -0.1) is 12.4 Å². The zero-order valence-corrected chi connectivity index (χ0v) is 13.3. The number of nitrogens with zero attached hydrogens (tertiary/aromatic N) is 1. The molecule has 0 aliphatic carbocycles. The molecule has 1 aromatic carbocycles. The van der Waals surface area contributed by atoms with Gasteiger partial charge in [-0.3, -0.25) is 4.90 Å². The second-order valence-electron chi connectivity index (χ2n) is 5.10. The molecule has 1 aliphatic heterocycles. The van der Waals surface area contributed by atoms with Gasteiger partial charge in [0.05, 0.1) is 0 Å². The molecular formula is C15H24Cl2N2. The number of piperidine rings is 1. The summed E-state index contributed by atoms with van der Waals surface area (Å²) in [6.07, 6.45) is 3.73. The predicted molar refractivity (Wildman–Crippen MR) is 85.4 cm³/mol. The summed E-state index contributed by atoms with van der Waals surface area (Å²) >= 11 is 5.97. The third-order valence-corrected chi connectivity index (χ3v) is 4.20. The molecule has 0 spiro atoms. The van der Waals surface area contributed by atoms with E-state index in [1.54, 1.807) is 0 Å². The van der Waals surface area contributed by atoms with Crippen LogP contribution in [0.3, 0.4) is 0 Å². The van der Waals surface area contributed by atoms with Crippen LogP contribution in [0.25, 0.3) is 0 Å². The van der Waals surface area contributed by atoms with Gasteiger partial charge in [0.2, 0.25) is 0 Å². The molecule has 4 heteroatoms. The maximum atomic E-state index is 5.97. The summed E-state index contributed by atoms with van der Waals surface area (Å²) in [5.74, 6) is 0. The molecule has 1 heterocycles. The van der Waals surface area contributed by atoms with E-state index in [0.717, 1.165) is 18.0 Å². The van der Waals surface area contributed by atoms with Gasteiger partial charge in [0, 0.05) is 23.7 Å². The van der Waals surface area contributed by atoms with Crippen LogP contribution >= 0.6 is 24.0 Å². The molecule has 2 atom stereocenters. The molecule has 1 fully saturated rings. The topological polar surface area (TPSA) is 15.3 Å². The Balaban J connectivity index is 0.00000180. The summed E-state index contributed by atoms with van der Waals surface area (Å²) in [5.41, 5.74) is 1.39. The lowest BCUT2D eigenvalue weighted by atomic mass is 9.98. The van der Waals surface area contributed by atoms with Crippen LogP contribution in [0, 0.1) is 0 Å². The van der Waals surface area contributed by atoms with E-state index in [-0.39, 0.29) is 12.4 Å². The van der Waals surface area contributed by atoms with E-state index >= 15 is 0 Å². The van der Waals surface area contributed by atoms with Crippen LogP contribution in [-0.4, -0.2) is 31.1 Å². The molecule has 1 N–H and O–H groups in total. The van der Waals surface area contributed by atoms with Gasteiger partial charge >= 0.3 is 0 Å². The monoisotopic (exact) mass is 302 g/mol. The van der Waals surface area contributed by atoms with Gasteiger partial charge < -0.3 is 5.32 Å². The first-order chi connectivity index (χ1) is 8.74. The van der Waals surface area contributed by atoms with Gasteiger partial charge in [-0.2, -0.15) is 0 Å². The molecule has 0 saturated carbocycles. The van der Waals surface area contributed by atoms with Crippen molar-refractivity contribution in [1.29, 1.82) is 0 Å². The lowest BCUT2D eigenvalue weighted by molar-refractivity contribution is 0.136. The predicted octanol–water partition coefficient (Wildman–Crippen LogP) is 3.90. The molecule has 2 nitrogen and oxygen atoms in total. The van der Waals surface area contributed by atoms with Gasteiger partial charge in [-0.1, -0.05) is 30.7 Å². The minimum atomic E-state index is 0. The number of halogens is 2. The van der Waals surface area contributed by atoms with E-state index in [0.29, 0.717) is 12.1 Å². The zero-order valence-electron chi connectivity index (χ0n) is 11.7. The second kappa shape index (κ2) is 8.11. The van der Waals surface area contributed by atoms with Crippen LogP contribution in [0.15, 0.2) is 24.3 Å². The molecule has 2 rings (SSSR count). The smallest absolute Gasteiger partial charge is 0.0406 e. The van der Waals surface area contributed by atoms with Crippen LogP contribution in [0.4, 0.5) is 0 Å². The molecule has 0 radical (unpaired) electrons. The fourth-order valence-electron chi connectivity index (χ4n) is 2.91. The molecule has 1 aliphatic rings. The molecule has 19 heavy (non-hydrogen) atoms. The summed E-state index contributed by atoms with van der Waals surface area (Å²) < 4.78 is 0. The summed E-state index contributed by atoms with van der Waals surface area (Å²) in [7, 11) is 2.07. The Labute approximate surface area is 127 Å². The zero-order chi connectivity index (χ0) is 13.0. The van der Waals surface area contributed by atoms with Crippen molar-refractivity contribution < 1.29 is 0 Å². The molecule has 0 aromatic heterocycles. The Bertz CT molecular complexity index is 367. The highest BCUT2D eigenvalue weighted by atomic mass is 35.5. The third-order valence-electron chi connectivity index (χ3n) is 3.94. The number of rotatable bonds is 4. The van der Waals surface area contributed by atoms with Gasteiger partial charge in [0.1, 0.15) is 0 Å². The lowest BCUT2D eigenvalue weighted by Gasteiger charge is -2.38. The van der Waals surface area contributed by atoms with E-state index in [1.807, 2.05) is 12.1 Å². The summed E-state index contributed by atoms with van der Waals surface area (Å²) in [6.45, 7) is 4.62. The SMILES string of the molecule is CCC(c1ccc(Cl)cc1)N1CCCC(NC)C1.Cl. The number of hydrogen-bond donors (Lipinski definition) is 1. The number of benzene rings is 1. The number of nitrogens with one attached hydrogen (secondary N) is 1. The average Bonchev–Trinajstić information content (AvgIpc) is 2.42. The van der Waals surface area contributed by atoms with Crippen LogP contribution in [0.5, 0.6) is 0 Å². The van der Waals surface area contributed by atoms with Crippen molar-refractivity contribution in [1.82, 2.24) is 10.2 Å². The normalized spacial score (nSPS) is 21.7. The van der Waals surface area contributed by atoms with Crippen molar-refractivity contribution in [2.75, 3.05) is 20.1 Å². The Morgan fingerprint density at radius 2 is 2.05 bits per heavy atom. The first-order valence-corrected chi connectivity index (χ1v) is 7.29. The summed E-state index contributed by atoms with van der Waals surface area (Å²) in [6, 6.07) is 9.50. The van der Waals surface area contributed by atoms with Crippen molar-refractivity contribution >= 4 is 24.0 Å². The molecular weight excluding hydrogens is 279 g/mol. The number of likely N-dealkylation sites (tertiary alicyclic amines) is 1. The minimum absolute atomic E-state index is 0. The maximum absolute atomic E-state index is 5.97.